The normalized spacial score (nSPS) is 12.0. The van der Waals surface area contributed by atoms with Crippen LogP contribution in [0.15, 0.2) is 60.7 Å². The Morgan fingerprint density at radius 3 is 2.40 bits per heavy atom. The standard InChI is InChI=1S/C25H24N2O2S/c1-15-8-13-21-22(14-15)30-25(27-21)19-9-11-20(12-10-19)26-24(28)18(4)29-23-16(2)6-5-7-17(23)3/h5-14,18H,1-4H3,(H,26,28)/t18-/m1/s1. The largest absolute Gasteiger partial charge is 0.480 e. The van der Waals surface area contributed by atoms with Crippen molar-refractivity contribution in [2.45, 2.75) is 33.8 Å². The van der Waals surface area contributed by atoms with Gasteiger partial charge in [-0.1, -0.05) is 24.3 Å². The summed E-state index contributed by atoms with van der Waals surface area (Å²) in [5.74, 6) is 0.586. The van der Waals surface area contributed by atoms with Crippen molar-refractivity contribution in [3.63, 3.8) is 0 Å². The highest BCUT2D eigenvalue weighted by Gasteiger charge is 2.17. The molecule has 5 heteroatoms. The van der Waals surface area contributed by atoms with Crippen LogP contribution in [0.25, 0.3) is 20.8 Å². The van der Waals surface area contributed by atoms with E-state index in [0.717, 1.165) is 38.7 Å². The summed E-state index contributed by atoms with van der Waals surface area (Å²) in [5, 5.41) is 3.91. The number of para-hydroxylation sites is 1. The Morgan fingerprint density at radius 1 is 1.00 bits per heavy atom. The van der Waals surface area contributed by atoms with E-state index in [0.29, 0.717) is 0 Å². The van der Waals surface area contributed by atoms with Crippen molar-refractivity contribution in [2.75, 3.05) is 5.32 Å². The highest BCUT2D eigenvalue weighted by atomic mass is 32.1. The number of nitrogens with one attached hydrogen (secondary N) is 1. The van der Waals surface area contributed by atoms with Gasteiger partial charge in [0.1, 0.15) is 10.8 Å². The summed E-state index contributed by atoms with van der Waals surface area (Å²) >= 11 is 1.67. The van der Waals surface area contributed by atoms with Gasteiger partial charge in [0.2, 0.25) is 0 Å². The maximum atomic E-state index is 12.6. The summed E-state index contributed by atoms with van der Waals surface area (Å²) in [6.45, 7) is 7.81. The molecule has 1 aromatic heterocycles. The van der Waals surface area contributed by atoms with Crippen molar-refractivity contribution in [1.29, 1.82) is 0 Å². The SMILES string of the molecule is Cc1ccc2nc(-c3ccc(NC(=O)[C@@H](C)Oc4c(C)cccc4C)cc3)sc2c1. The van der Waals surface area contributed by atoms with Gasteiger partial charge >= 0.3 is 0 Å². The van der Waals surface area contributed by atoms with Crippen molar-refractivity contribution < 1.29 is 9.53 Å². The zero-order valence-corrected chi connectivity index (χ0v) is 18.3. The third-order valence-corrected chi connectivity index (χ3v) is 6.08. The molecule has 1 amide bonds. The molecule has 4 rings (SSSR count). The average Bonchev–Trinajstić information content (AvgIpc) is 3.14. The number of hydrogen-bond acceptors (Lipinski definition) is 4. The molecule has 1 heterocycles. The monoisotopic (exact) mass is 416 g/mol. The summed E-state index contributed by atoms with van der Waals surface area (Å²) in [7, 11) is 0. The maximum absolute atomic E-state index is 12.6. The van der Waals surface area contributed by atoms with Crippen molar-refractivity contribution in [1.82, 2.24) is 4.98 Å². The molecule has 152 valence electrons. The van der Waals surface area contributed by atoms with Crippen LogP contribution < -0.4 is 10.1 Å². The van der Waals surface area contributed by atoms with E-state index >= 15 is 0 Å². The van der Waals surface area contributed by atoms with Crippen LogP contribution in [0.3, 0.4) is 0 Å². The van der Waals surface area contributed by atoms with Crippen LogP contribution in [0.2, 0.25) is 0 Å². The molecule has 0 saturated heterocycles. The Labute approximate surface area is 180 Å². The topological polar surface area (TPSA) is 51.2 Å². The van der Waals surface area contributed by atoms with E-state index in [1.807, 2.05) is 56.3 Å². The summed E-state index contributed by atoms with van der Waals surface area (Å²) in [5.41, 5.74) is 6.04. The molecule has 4 aromatic rings. The number of benzene rings is 3. The van der Waals surface area contributed by atoms with E-state index in [1.165, 1.54) is 10.3 Å². The van der Waals surface area contributed by atoms with Gasteiger partial charge in [0.25, 0.3) is 5.91 Å². The number of ether oxygens (including phenoxy) is 1. The zero-order chi connectivity index (χ0) is 21.3. The second-order valence-corrected chi connectivity index (χ2v) is 8.57. The first-order valence-corrected chi connectivity index (χ1v) is 10.7. The number of carbonyl (C=O) groups excluding carboxylic acids is 1. The van der Waals surface area contributed by atoms with Gasteiger partial charge in [-0.2, -0.15) is 0 Å². The fraction of sp³-hybridized carbons (Fsp3) is 0.200. The molecule has 0 aliphatic rings. The summed E-state index contributed by atoms with van der Waals surface area (Å²) in [6.07, 6.45) is -0.600. The van der Waals surface area contributed by atoms with E-state index in [9.17, 15) is 4.79 Å². The minimum absolute atomic E-state index is 0.180. The van der Waals surface area contributed by atoms with Crippen molar-refractivity contribution in [3.8, 4) is 16.3 Å². The number of thiazole rings is 1. The van der Waals surface area contributed by atoms with Gasteiger partial charge in [0.05, 0.1) is 10.2 Å². The molecular weight excluding hydrogens is 392 g/mol. The molecule has 30 heavy (non-hydrogen) atoms. The molecule has 0 saturated carbocycles. The smallest absolute Gasteiger partial charge is 0.265 e. The Bertz CT molecular complexity index is 1190. The van der Waals surface area contributed by atoms with Gasteiger partial charge in [-0.25, -0.2) is 4.98 Å². The molecule has 1 N–H and O–H groups in total. The lowest BCUT2D eigenvalue weighted by molar-refractivity contribution is -0.122. The molecule has 0 aliphatic carbocycles. The van der Waals surface area contributed by atoms with Gasteiger partial charge in [-0.15, -0.1) is 11.3 Å². The molecule has 0 spiro atoms. The van der Waals surface area contributed by atoms with Crippen molar-refractivity contribution in [2.24, 2.45) is 0 Å². The number of aromatic nitrogens is 1. The van der Waals surface area contributed by atoms with Crippen LogP contribution in [0.1, 0.15) is 23.6 Å². The highest BCUT2D eigenvalue weighted by molar-refractivity contribution is 7.21. The van der Waals surface area contributed by atoms with E-state index in [-0.39, 0.29) is 5.91 Å². The molecular formula is C25H24N2O2S. The van der Waals surface area contributed by atoms with Crippen LogP contribution in [-0.4, -0.2) is 17.0 Å². The second-order valence-electron chi connectivity index (χ2n) is 7.54. The first kappa shape index (κ1) is 20.1. The maximum Gasteiger partial charge on any atom is 0.265 e. The number of carbonyl (C=O) groups is 1. The number of fused-ring (bicyclic) bond motifs is 1. The average molecular weight is 417 g/mol. The number of amides is 1. The predicted molar refractivity (Wildman–Crippen MR) is 124 cm³/mol. The fourth-order valence-corrected chi connectivity index (χ4v) is 4.38. The molecule has 4 nitrogen and oxygen atoms in total. The molecule has 3 aromatic carbocycles. The van der Waals surface area contributed by atoms with Crippen LogP contribution >= 0.6 is 11.3 Å². The van der Waals surface area contributed by atoms with Gasteiger partial charge < -0.3 is 10.1 Å². The second kappa shape index (κ2) is 8.28. The lowest BCUT2D eigenvalue weighted by Crippen LogP contribution is -2.30. The summed E-state index contributed by atoms with van der Waals surface area (Å²) in [4.78, 5) is 17.3. The lowest BCUT2D eigenvalue weighted by Gasteiger charge is -2.18. The molecule has 0 fully saturated rings. The lowest BCUT2D eigenvalue weighted by atomic mass is 10.1. The highest BCUT2D eigenvalue weighted by Crippen LogP contribution is 2.31. The third kappa shape index (κ3) is 4.21. The van der Waals surface area contributed by atoms with Gasteiger partial charge in [0, 0.05) is 11.3 Å². The summed E-state index contributed by atoms with van der Waals surface area (Å²) < 4.78 is 7.11. The zero-order valence-electron chi connectivity index (χ0n) is 17.5. The van der Waals surface area contributed by atoms with Crippen LogP contribution in [0, 0.1) is 20.8 Å². The molecule has 0 bridgehead atoms. The van der Waals surface area contributed by atoms with Crippen molar-refractivity contribution >= 4 is 33.1 Å². The van der Waals surface area contributed by atoms with E-state index in [2.05, 4.69) is 30.4 Å². The number of nitrogens with zero attached hydrogens (tertiary/aromatic N) is 1. The van der Waals surface area contributed by atoms with Gasteiger partial charge in [-0.3, -0.25) is 4.79 Å². The molecule has 0 aliphatic heterocycles. The Hall–Kier alpha value is -3.18. The molecule has 0 radical (unpaired) electrons. The Morgan fingerprint density at radius 2 is 1.70 bits per heavy atom. The third-order valence-electron chi connectivity index (χ3n) is 5.02. The predicted octanol–water partition coefficient (Wildman–Crippen LogP) is 6.29. The first-order valence-electron chi connectivity index (χ1n) is 9.92. The van der Waals surface area contributed by atoms with Gasteiger partial charge in [-0.05, 0) is 80.8 Å². The minimum atomic E-state index is -0.600. The Kier molecular flexibility index (Phi) is 5.55. The van der Waals surface area contributed by atoms with E-state index in [1.54, 1.807) is 18.3 Å². The number of hydrogen-bond donors (Lipinski definition) is 1. The van der Waals surface area contributed by atoms with E-state index in [4.69, 9.17) is 9.72 Å². The first-order chi connectivity index (χ1) is 14.4. The number of aryl methyl sites for hydroxylation is 3. The van der Waals surface area contributed by atoms with Crippen LogP contribution in [-0.2, 0) is 4.79 Å². The number of anilines is 1. The van der Waals surface area contributed by atoms with Crippen molar-refractivity contribution in [3.05, 3.63) is 77.4 Å². The molecule has 0 unspecified atom stereocenters. The van der Waals surface area contributed by atoms with Crippen LogP contribution in [0.4, 0.5) is 5.69 Å². The Balaban J connectivity index is 1.45. The van der Waals surface area contributed by atoms with Crippen LogP contribution in [0.5, 0.6) is 5.75 Å². The molecule has 1 atom stereocenters. The quantitative estimate of drug-likeness (QED) is 0.416. The summed E-state index contributed by atoms with van der Waals surface area (Å²) in [6, 6.07) is 20.0. The fourth-order valence-electron chi connectivity index (χ4n) is 3.31. The number of rotatable bonds is 5. The van der Waals surface area contributed by atoms with Gasteiger partial charge in [0.15, 0.2) is 6.10 Å². The minimum Gasteiger partial charge on any atom is -0.480 e. The van der Waals surface area contributed by atoms with E-state index < -0.39 is 6.10 Å².